The largest absolute Gasteiger partial charge is 0.344 e. The molecule has 0 radical (unpaired) electrons. The molecule has 4 heteroatoms. The average Bonchev–Trinajstić information content (AvgIpc) is 3.05. The highest BCUT2D eigenvalue weighted by Gasteiger charge is 2.32. The highest BCUT2D eigenvalue weighted by Crippen LogP contribution is 2.27. The average molecular weight is 235 g/mol. The molecule has 17 heavy (non-hydrogen) atoms. The van der Waals surface area contributed by atoms with Crippen molar-refractivity contribution in [1.82, 2.24) is 15.5 Å². The molecule has 0 aromatic rings. The molecule has 1 amide bonds. The Balaban J connectivity index is 1.76. The molecule has 94 valence electrons. The Morgan fingerprint density at radius 1 is 1.47 bits per heavy atom. The summed E-state index contributed by atoms with van der Waals surface area (Å²) in [6.45, 7) is 2.93. The maximum absolute atomic E-state index is 11.6. The molecular weight excluding hydrogens is 214 g/mol. The molecule has 1 aliphatic carbocycles. The molecule has 0 spiro atoms. The van der Waals surface area contributed by atoms with Crippen LogP contribution in [0.2, 0.25) is 0 Å². The molecule has 2 fully saturated rings. The third-order valence-electron chi connectivity index (χ3n) is 3.41. The van der Waals surface area contributed by atoms with Gasteiger partial charge in [0.1, 0.15) is 0 Å². The van der Waals surface area contributed by atoms with Crippen molar-refractivity contribution >= 4 is 5.91 Å². The van der Waals surface area contributed by atoms with Crippen LogP contribution in [0.15, 0.2) is 0 Å². The fourth-order valence-corrected chi connectivity index (χ4v) is 2.37. The normalized spacial score (nSPS) is 23.6. The summed E-state index contributed by atoms with van der Waals surface area (Å²) in [7, 11) is 0. The van der Waals surface area contributed by atoms with Gasteiger partial charge >= 0.3 is 0 Å². The molecule has 1 saturated carbocycles. The summed E-state index contributed by atoms with van der Waals surface area (Å²) in [5, 5.41) is 6.21. The van der Waals surface area contributed by atoms with E-state index in [1.54, 1.807) is 0 Å². The predicted octanol–water partition coefficient (Wildman–Crippen LogP) is -0.0478. The SMILES string of the molecule is C#CCNC(=O)CN(CC1CCCN1)C1CC1. The highest BCUT2D eigenvalue weighted by molar-refractivity contribution is 5.78. The second-order valence-corrected chi connectivity index (χ2v) is 4.93. The van der Waals surface area contributed by atoms with E-state index < -0.39 is 0 Å². The first-order valence-electron chi connectivity index (χ1n) is 6.47. The summed E-state index contributed by atoms with van der Waals surface area (Å²) >= 11 is 0. The molecule has 1 atom stereocenters. The molecule has 1 aliphatic heterocycles. The summed E-state index contributed by atoms with van der Waals surface area (Å²) < 4.78 is 0. The fraction of sp³-hybridized carbons (Fsp3) is 0.769. The zero-order valence-corrected chi connectivity index (χ0v) is 10.2. The second-order valence-electron chi connectivity index (χ2n) is 4.93. The van der Waals surface area contributed by atoms with E-state index >= 15 is 0 Å². The van der Waals surface area contributed by atoms with Gasteiger partial charge in [-0.1, -0.05) is 5.92 Å². The van der Waals surface area contributed by atoms with Crippen LogP contribution in [0, 0.1) is 12.3 Å². The van der Waals surface area contributed by atoms with Crippen molar-refractivity contribution in [3.05, 3.63) is 0 Å². The van der Waals surface area contributed by atoms with Crippen LogP contribution < -0.4 is 10.6 Å². The van der Waals surface area contributed by atoms with Gasteiger partial charge in [0.05, 0.1) is 13.1 Å². The third kappa shape index (κ3) is 4.03. The van der Waals surface area contributed by atoms with Crippen LogP contribution >= 0.6 is 0 Å². The van der Waals surface area contributed by atoms with Crippen molar-refractivity contribution < 1.29 is 4.79 Å². The van der Waals surface area contributed by atoms with Crippen molar-refractivity contribution in [2.75, 3.05) is 26.2 Å². The molecule has 2 N–H and O–H groups in total. The van der Waals surface area contributed by atoms with Gasteiger partial charge in [-0.15, -0.1) is 6.42 Å². The number of nitrogens with zero attached hydrogens (tertiary/aromatic N) is 1. The van der Waals surface area contributed by atoms with E-state index in [0.717, 1.165) is 13.1 Å². The Morgan fingerprint density at radius 3 is 2.88 bits per heavy atom. The summed E-state index contributed by atoms with van der Waals surface area (Å²) in [6, 6.07) is 1.19. The van der Waals surface area contributed by atoms with Crippen LogP contribution in [-0.2, 0) is 4.79 Å². The van der Waals surface area contributed by atoms with Crippen molar-refractivity contribution in [2.24, 2.45) is 0 Å². The van der Waals surface area contributed by atoms with Gasteiger partial charge in [0.25, 0.3) is 0 Å². The maximum Gasteiger partial charge on any atom is 0.234 e. The number of carbonyl (C=O) groups excluding carboxylic acids is 1. The Bertz CT molecular complexity index is 300. The molecule has 0 aromatic carbocycles. The maximum atomic E-state index is 11.6. The lowest BCUT2D eigenvalue weighted by atomic mass is 10.2. The van der Waals surface area contributed by atoms with Crippen molar-refractivity contribution in [2.45, 2.75) is 37.8 Å². The molecule has 2 aliphatic rings. The van der Waals surface area contributed by atoms with E-state index in [9.17, 15) is 4.79 Å². The van der Waals surface area contributed by atoms with E-state index in [0.29, 0.717) is 25.2 Å². The van der Waals surface area contributed by atoms with Crippen LogP contribution in [0.1, 0.15) is 25.7 Å². The van der Waals surface area contributed by atoms with Crippen LogP contribution in [-0.4, -0.2) is 49.1 Å². The number of hydrogen-bond acceptors (Lipinski definition) is 3. The number of terminal acetylenes is 1. The molecule has 4 nitrogen and oxygen atoms in total. The number of carbonyl (C=O) groups is 1. The Kier molecular flexibility index (Phi) is 4.41. The van der Waals surface area contributed by atoms with Gasteiger partial charge in [0.15, 0.2) is 0 Å². The molecular formula is C13H21N3O. The number of nitrogens with one attached hydrogen (secondary N) is 2. The van der Waals surface area contributed by atoms with E-state index in [2.05, 4.69) is 21.5 Å². The van der Waals surface area contributed by atoms with Crippen LogP contribution in [0.3, 0.4) is 0 Å². The second kappa shape index (κ2) is 6.04. The molecule has 2 rings (SSSR count). The lowest BCUT2D eigenvalue weighted by molar-refractivity contribution is -0.122. The third-order valence-corrected chi connectivity index (χ3v) is 3.41. The molecule has 1 unspecified atom stereocenters. The van der Waals surface area contributed by atoms with E-state index in [4.69, 9.17) is 6.42 Å². The summed E-state index contributed by atoms with van der Waals surface area (Å²) in [5.74, 6) is 2.48. The van der Waals surface area contributed by atoms with Gasteiger partial charge in [-0.2, -0.15) is 0 Å². The van der Waals surface area contributed by atoms with E-state index in [1.807, 2.05) is 0 Å². The number of rotatable bonds is 6. The van der Waals surface area contributed by atoms with Gasteiger partial charge in [0.2, 0.25) is 5.91 Å². The molecule has 0 aromatic heterocycles. The first-order valence-corrected chi connectivity index (χ1v) is 6.47. The standard InChI is InChI=1S/C13H21N3O/c1-2-7-15-13(17)10-16(12-5-6-12)9-11-4-3-8-14-11/h1,11-12,14H,3-10H2,(H,15,17). The first-order chi connectivity index (χ1) is 8.29. The van der Waals surface area contributed by atoms with Gasteiger partial charge in [0, 0.05) is 18.6 Å². The summed E-state index contributed by atoms with van der Waals surface area (Å²) in [4.78, 5) is 14.0. The molecule has 1 heterocycles. The van der Waals surface area contributed by atoms with Crippen molar-refractivity contribution in [3.8, 4) is 12.3 Å². The lowest BCUT2D eigenvalue weighted by Gasteiger charge is -2.24. The van der Waals surface area contributed by atoms with Gasteiger partial charge < -0.3 is 10.6 Å². The monoisotopic (exact) mass is 235 g/mol. The van der Waals surface area contributed by atoms with Crippen molar-refractivity contribution in [1.29, 1.82) is 0 Å². The topological polar surface area (TPSA) is 44.4 Å². The zero-order chi connectivity index (χ0) is 12.1. The minimum atomic E-state index is 0.0489. The van der Waals surface area contributed by atoms with Crippen LogP contribution in [0.5, 0.6) is 0 Å². The van der Waals surface area contributed by atoms with Gasteiger partial charge in [-0.3, -0.25) is 9.69 Å². The van der Waals surface area contributed by atoms with Gasteiger partial charge in [-0.25, -0.2) is 0 Å². The van der Waals surface area contributed by atoms with E-state index in [1.165, 1.54) is 25.7 Å². The van der Waals surface area contributed by atoms with Crippen LogP contribution in [0.4, 0.5) is 0 Å². The first kappa shape index (κ1) is 12.4. The Morgan fingerprint density at radius 2 is 2.29 bits per heavy atom. The summed E-state index contributed by atoms with van der Waals surface area (Å²) in [5.41, 5.74) is 0. The lowest BCUT2D eigenvalue weighted by Crippen LogP contribution is -2.44. The summed E-state index contributed by atoms with van der Waals surface area (Å²) in [6.07, 6.45) is 10.1. The fourth-order valence-electron chi connectivity index (χ4n) is 2.37. The predicted molar refractivity (Wildman–Crippen MR) is 67.5 cm³/mol. The number of amides is 1. The Hall–Kier alpha value is -1.05. The van der Waals surface area contributed by atoms with Crippen molar-refractivity contribution in [3.63, 3.8) is 0 Å². The zero-order valence-electron chi connectivity index (χ0n) is 10.2. The highest BCUT2D eigenvalue weighted by atomic mass is 16.2. The quantitative estimate of drug-likeness (QED) is 0.635. The van der Waals surface area contributed by atoms with Gasteiger partial charge in [-0.05, 0) is 32.2 Å². The molecule has 1 saturated heterocycles. The minimum absolute atomic E-state index is 0.0489. The molecule has 0 bridgehead atoms. The minimum Gasteiger partial charge on any atom is -0.344 e. The smallest absolute Gasteiger partial charge is 0.234 e. The Labute approximate surface area is 103 Å². The van der Waals surface area contributed by atoms with E-state index in [-0.39, 0.29) is 5.91 Å². The number of hydrogen-bond donors (Lipinski definition) is 2. The van der Waals surface area contributed by atoms with Crippen LogP contribution in [0.25, 0.3) is 0 Å².